The zero-order chi connectivity index (χ0) is 21.5. The molecule has 0 saturated carbocycles. The van der Waals surface area contributed by atoms with Gasteiger partial charge in [0.25, 0.3) is 0 Å². The lowest BCUT2D eigenvalue weighted by Crippen LogP contribution is -2.34. The number of nitrogens with one attached hydrogen (secondary N) is 1. The quantitative estimate of drug-likeness (QED) is 0.662. The smallest absolute Gasteiger partial charge is 0.242 e. The number of amidine groups is 1. The Hall–Kier alpha value is -2.80. The van der Waals surface area contributed by atoms with Crippen LogP contribution in [0.15, 0.2) is 53.5 Å². The van der Waals surface area contributed by atoms with E-state index >= 15 is 0 Å². The van der Waals surface area contributed by atoms with Gasteiger partial charge in [-0.1, -0.05) is 55.4 Å². The highest BCUT2D eigenvalue weighted by atomic mass is 32.2. The number of anilines is 1. The standard InChI is InChI=1S/C23H27N3O3S/c1-4-5-14-26-22(28)20(30-23(26)25-17-11-7-6-10-16(17)2)15-21(27)24-18-12-8-9-13-19(18)29-3/h6-13,20H,4-5,14-15H2,1-3H3,(H,24,27)/t20-/m0/s1. The van der Waals surface area contributed by atoms with Crippen molar-refractivity contribution in [3.63, 3.8) is 0 Å². The lowest BCUT2D eigenvalue weighted by Gasteiger charge is -2.16. The molecule has 0 radical (unpaired) electrons. The van der Waals surface area contributed by atoms with Crippen LogP contribution < -0.4 is 10.1 Å². The van der Waals surface area contributed by atoms with Crippen molar-refractivity contribution in [1.82, 2.24) is 4.90 Å². The summed E-state index contributed by atoms with van der Waals surface area (Å²) in [7, 11) is 1.56. The highest BCUT2D eigenvalue weighted by Crippen LogP contribution is 2.33. The number of hydrogen-bond acceptors (Lipinski definition) is 5. The molecule has 0 spiro atoms. The fourth-order valence-corrected chi connectivity index (χ4v) is 4.33. The Bertz CT molecular complexity index is 945. The van der Waals surface area contributed by atoms with Crippen LogP contribution in [0.25, 0.3) is 0 Å². The molecule has 0 unspecified atom stereocenters. The highest BCUT2D eigenvalue weighted by molar-refractivity contribution is 8.15. The molecule has 1 fully saturated rings. The molecule has 2 amide bonds. The lowest BCUT2D eigenvalue weighted by atomic mass is 10.2. The molecule has 2 aromatic rings. The molecule has 6 nitrogen and oxygen atoms in total. The number of carbonyl (C=O) groups excluding carboxylic acids is 2. The molecule has 1 aliphatic rings. The van der Waals surface area contributed by atoms with Gasteiger partial charge in [-0.25, -0.2) is 4.99 Å². The van der Waals surface area contributed by atoms with E-state index < -0.39 is 5.25 Å². The molecule has 1 saturated heterocycles. The summed E-state index contributed by atoms with van der Waals surface area (Å²) in [6, 6.07) is 15.1. The van der Waals surface area contributed by atoms with Crippen molar-refractivity contribution in [2.75, 3.05) is 19.0 Å². The monoisotopic (exact) mass is 425 g/mol. The highest BCUT2D eigenvalue weighted by Gasteiger charge is 2.39. The minimum Gasteiger partial charge on any atom is -0.495 e. The van der Waals surface area contributed by atoms with Crippen LogP contribution in [0.3, 0.4) is 0 Å². The van der Waals surface area contributed by atoms with E-state index in [1.54, 1.807) is 24.1 Å². The number of rotatable bonds is 8. The zero-order valence-electron chi connectivity index (χ0n) is 17.6. The SMILES string of the molecule is CCCCN1C(=O)[C@H](CC(=O)Nc2ccccc2OC)SC1=Nc1ccccc1C. The van der Waals surface area contributed by atoms with E-state index in [1.165, 1.54) is 11.8 Å². The van der Waals surface area contributed by atoms with Gasteiger partial charge in [-0.05, 0) is 37.1 Å². The molecule has 30 heavy (non-hydrogen) atoms. The Labute approximate surface area is 181 Å². The number of thioether (sulfide) groups is 1. The zero-order valence-corrected chi connectivity index (χ0v) is 18.4. The third-order valence-electron chi connectivity index (χ3n) is 4.84. The molecule has 7 heteroatoms. The fraction of sp³-hybridized carbons (Fsp3) is 0.348. The second-order valence-corrected chi connectivity index (χ2v) is 8.25. The summed E-state index contributed by atoms with van der Waals surface area (Å²) in [6.45, 7) is 4.69. The Morgan fingerprint density at radius 1 is 1.20 bits per heavy atom. The summed E-state index contributed by atoms with van der Waals surface area (Å²) in [4.78, 5) is 32.1. The normalized spacial score (nSPS) is 17.4. The van der Waals surface area contributed by atoms with E-state index in [-0.39, 0.29) is 18.2 Å². The molecule has 1 aliphatic heterocycles. The van der Waals surface area contributed by atoms with Crippen molar-refractivity contribution in [3.05, 3.63) is 54.1 Å². The average molecular weight is 426 g/mol. The van der Waals surface area contributed by atoms with Crippen molar-refractivity contribution < 1.29 is 14.3 Å². The molecule has 158 valence electrons. The van der Waals surface area contributed by atoms with E-state index in [0.29, 0.717) is 23.1 Å². The number of hydrogen-bond donors (Lipinski definition) is 1. The largest absolute Gasteiger partial charge is 0.495 e. The van der Waals surface area contributed by atoms with Crippen LogP contribution in [0.5, 0.6) is 5.75 Å². The van der Waals surface area contributed by atoms with Crippen molar-refractivity contribution in [2.24, 2.45) is 4.99 Å². The molecular weight excluding hydrogens is 398 g/mol. The molecule has 1 N–H and O–H groups in total. The topological polar surface area (TPSA) is 71.0 Å². The predicted molar refractivity (Wildman–Crippen MR) is 123 cm³/mol. The van der Waals surface area contributed by atoms with Crippen LogP contribution >= 0.6 is 11.8 Å². The third-order valence-corrected chi connectivity index (χ3v) is 6.01. The van der Waals surface area contributed by atoms with Crippen molar-refractivity contribution in [2.45, 2.75) is 38.4 Å². The van der Waals surface area contributed by atoms with E-state index in [4.69, 9.17) is 9.73 Å². The van der Waals surface area contributed by atoms with Gasteiger partial charge in [-0.2, -0.15) is 0 Å². The molecule has 0 aromatic heterocycles. The number of benzene rings is 2. The number of unbranched alkanes of at least 4 members (excludes halogenated alkanes) is 1. The molecule has 3 rings (SSSR count). The van der Waals surface area contributed by atoms with Crippen LogP contribution in [0.2, 0.25) is 0 Å². The first-order valence-corrected chi connectivity index (χ1v) is 11.0. The van der Waals surface area contributed by atoms with Gasteiger partial charge in [-0.15, -0.1) is 0 Å². The second kappa shape index (κ2) is 10.3. The minimum absolute atomic E-state index is 0.0593. The van der Waals surface area contributed by atoms with Gasteiger partial charge in [0.15, 0.2) is 5.17 Å². The van der Waals surface area contributed by atoms with Crippen LogP contribution in [-0.2, 0) is 9.59 Å². The average Bonchev–Trinajstić information content (AvgIpc) is 3.02. The summed E-state index contributed by atoms with van der Waals surface area (Å²) in [5, 5.41) is 3.03. The number of amides is 2. The maximum Gasteiger partial charge on any atom is 0.242 e. The van der Waals surface area contributed by atoms with Crippen molar-refractivity contribution in [1.29, 1.82) is 0 Å². The molecule has 1 heterocycles. The van der Waals surface area contributed by atoms with Gasteiger partial charge in [0.2, 0.25) is 11.8 Å². The summed E-state index contributed by atoms with van der Waals surface area (Å²) in [6.07, 6.45) is 1.95. The second-order valence-electron chi connectivity index (χ2n) is 7.08. The third kappa shape index (κ3) is 5.21. The van der Waals surface area contributed by atoms with E-state index in [0.717, 1.165) is 24.1 Å². The Morgan fingerprint density at radius 2 is 1.93 bits per heavy atom. The summed E-state index contributed by atoms with van der Waals surface area (Å²) >= 11 is 1.36. The number of nitrogens with zero attached hydrogens (tertiary/aromatic N) is 2. The first kappa shape index (κ1) is 21.9. The number of methoxy groups -OCH3 is 1. The number of carbonyl (C=O) groups is 2. The molecule has 2 aromatic carbocycles. The van der Waals surface area contributed by atoms with Crippen LogP contribution in [0.4, 0.5) is 11.4 Å². The summed E-state index contributed by atoms with van der Waals surface area (Å²) < 4.78 is 5.28. The Balaban J connectivity index is 1.76. The number of ether oxygens (including phenoxy) is 1. The van der Waals surface area contributed by atoms with Gasteiger partial charge in [0.05, 0.1) is 18.5 Å². The molecule has 0 bridgehead atoms. The number of aliphatic imine (C=N–C) groups is 1. The van der Waals surface area contributed by atoms with Gasteiger partial charge < -0.3 is 10.1 Å². The van der Waals surface area contributed by atoms with Crippen molar-refractivity contribution in [3.8, 4) is 5.75 Å². The van der Waals surface area contributed by atoms with Crippen molar-refractivity contribution >= 4 is 40.1 Å². The van der Waals surface area contributed by atoms with Gasteiger partial charge >= 0.3 is 0 Å². The first-order chi connectivity index (χ1) is 14.5. The lowest BCUT2D eigenvalue weighted by molar-refractivity contribution is -0.128. The fourth-order valence-electron chi connectivity index (χ4n) is 3.16. The van der Waals surface area contributed by atoms with Gasteiger partial charge in [0, 0.05) is 13.0 Å². The molecule has 0 aliphatic carbocycles. The molecular formula is C23H27N3O3S. The van der Waals surface area contributed by atoms with Crippen LogP contribution in [0.1, 0.15) is 31.7 Å². The summed E-state index contributed by atoms with van der Waals surface area (Å²) in [5.41, 5.74) is 2.48. The first-order valence-electron chi connectivity index (χ1n) is 10.1. The Kier molecular flexibility index (Phi) is 7.52. The predicted octanol–water partition coefficient (Wildman–Crippen LogP) is 4.76. The maximum absolute atomic E-state index is 13.0. The van der Waals surface area contributed by atoms with E-state index in [1.807, 2.05) is 43.3 Å². The minimum atomic E-state index is -0.487. The number of aryl methyl sites for hydroxylation is 1. The number of para-hydroxylation sites is 3. The van der Waals surface area contributed by atoms with E-state index in [9.17, 15) is 9.59 Å². The van der Waals surface area contributed by atoms with Gasteiger partial charge in [-0.3, -0.25) is 14.5 Å². The van der Waals surface area contributed by atoms with E-state index in [2.05, 4.69) is 12.2 Å². The summed E-state index contributed by atoms with van der Waals surface area (Å²) in [5.74, 6) is 0.302. The molecule has 1 atom stereocenters. The Morgan fingerprint density at radius 3 is 2.67 bits per heavy atom. The van der Waals surface area contributed by atoms with Crippen LogP contribution in [-0.4, -0.2) is 40.8 Å². The maximum atomic E-state index is 13.0. The van der Waals surface area contributed by atoms with Crippen LogP contribution in [0, 0.1) is 6.92 Å². The van der Waals surface area contributed by atoms with Gasteiger partial charge in [0.1, 0.15) is 11.0 Å².